The fourth-order valence-corrected chi connectivity index (χ4v) is 6.98. The Morgan fingerprint density at radius 1 is 1.27 bits per heavy atom. The maximum atomic E-state index is 15.1. The molecule has 5 rings (SSSR count). The Kier molecular flexibility index (Phi) is 8.19. The number of hydrogen-bond acceptors (Lipinski definition) is 10. The number of nitrogens with two attached hydrogens (primary N) is 1. The van der Waals surface area contributed by atoms with Crippen LogP contribution in [0.5, 0.6) is 0 Å². The van der Waals surface area contributed by atoms with Gasteiger partial charge in [0.25, 0.3) is 0 Å². The van der Waals surface area contributed by atoms with E-state index in [0.717, 1.165) is 12.8 Å². The number of guanidine groups is 1. The minimum absolute atomic E-state index is 0.211. The molecular weight excluding hydrogens is 570 g/mol. The molecule has 1 unspecified atom stereocenters. The third-order valence-corrected chi connectivity index (χ3v) is 9.00. The molecule has 12 nitrogen and oxygen atoms in total. The number of aromatic nitrogens is 4. The van der Waals surface area contributed by atoms with Crippen LogP contribution in [0.25, 0.3) is 17.1 Å². The summed E-state index contributed by atoms with van der Waals surface area (Å²) in [5.74, 6) is -2.27. The van der Waals surface area contributed by atoms with Crippen molar-refractivity contribution in [3.63, 3.8) is 0 Å². The zero-order valence-corrected chi connectivity index (χ0v) is 22.3. The van der Waals surface area contributed by atoms with Gasteiger partial charge in [0.2, 0.25) is 5.96 Å². The summed E-state index contributed by atoms with van der Waals surface area (Å²) in [5.41, 5.74) is 7.13. The van der Waals surface area contributed by atoms with Crippen molar-refractivity contribution in [2.75, 3.05) is 18.8 Å². The lowest BCUT2D eigenvalue weighted by Gasteiger charge is -2.51. The van der Waals surface area contributed by atoms with Crippen molar-refractivity contribution in [2.24, 2.45) is 10.7 Å². The summed E-state index contributed by atoms with van der Waals surface area (Å²) in [4.78, 5) is 17.8. The molecule has 41 heavy (non-hydrogen) atoms. The smallest absolute Gasteiger partial charge is 0.475 e. The monoisotopic (exact) mass is 595 g/mol. The summed E-state index contributed by atoms with van der Waals surface area (Å²) in [5, 5.41) is 24.4. The average molecular weight is 596 g/mol. The molecule has 1 fully saturated rings. The van der Waals surface area contributed by atoms with Crippen LogP contribution in [0.15, 0.2) is 47.7 Å². The van der Waals surface area contributed by atoms with Gasteiger partial charge in [-0.3, -0.25) is 4.31 Å². The van der Waals surface area contributed by atoms with Crippen molar-refractivity contribution >= 4 is 22.6 Å². The quantitative estimate of drug-likeness (QED) is 0.328. The van der Waals surface area contributed by atoms with Gasteiger partial charge in [0.1, 0.15) is 23.1 Å². The predicted molar refractivity (Wildman–Crippen MR) is 141 cm³/mol. The molecule has 218 valence electrons. The fourth-order valence-electron chi connectivity index (χ4n) is 4.31. The minimum Gasteiger partial charge on any atom is -0.475 e. The molecule has 1 aromatic carbocycles. The highest BCUT2D eigenvalue weighted by molar-refractivity contribution is 8.25. The topological polar surface area (TPSA) is 179 Å². The van der Waals surface area contributed by atoms with Gasteiger partial charge in [0.05, 0.1) is 17.5 Å². The zero-order valence-electron chi connectivity index (χ0n) is 21.5. The van der Waals surface area contributed by atoms with Crippen molar-refractivity contribution in [3.05, 3.63) is 59.7 Å². The highest BCUT2D eigenvalue weighted by atomic mass is 32.3. The van der Waals surface area contributed by atoms with Gasteiger partial charge in [-0.25, -0.2) is 28.6 Å². The number of fused-ring (bicyclic) bond motifs is 1. The van der Waals surface area contributed by atoms with Gasteiger partial charge in [0.15, 0.2) is 5.82 Å². The van der Waals surface area contributed by atoms with E-state index in [1.807, 2.05) is 6.07 Å². The predicted octanol–water partition coefficient (Wildman–Crippen LogP) is 3.31. The van der Waals surface area contributed by atoms with Crippen molar-refractivity contribution < 1.29 is 32.0 Å². The van der Waals surface area contributed by atoms with Crippen LogP contribution < -0.4 is 10.5 Å². The van der Waals surface area contributed by atoms with Crippen LogP contribution in [0.2, 0.25) is 0 Å². The third kappa shape index (κ3) is 6.39. The molecule has 17 heteroatoms. The van der Waals surface area contributed by atoms with Gasteiger partial charge in [-0.1, -0.05) is 5.21 Å². The lowest BCUT2D eigenvalue weighted by Crippen LogP contribution is -2.53. The van der Waals surface area contributed by atoms with Crippen LogP contribution in [0.1, 0.15) is 30.9 Å². The normalized spacial score (nSPS) is 23.9. The van der Waals surface area contributed by atoms with Crippen LogP contribution >= 0.6 is 10.7 Å². The van der Waals surface area contributed by atoms with Gasteiger partial charge in [0, 0.05) is 41.1 Å². The fraction of sp³-hybridized carbons (Fsp3) is 0.333. The molecule has 0 radical (unpaired) electrons. The van der Waals surface area contributed by atoms with Gasteiger partial charge in [-0.15, -0.1) is 5.10 Å². The van der Waals surface area contributed by atoms with Crippen molar-refractivity contribution in [1.82, 2.24) is 29.0 Å². The van der Waals surface area contributed by atoms with Gasteiger partial charge in [-0.2, -0.15) is 18.4 Å². The number of rotatable bonds is 3. The zero-order chi connectivity index (χ0) is 30.0. The van der Waals surface area contributed by atoms with E-state index in [9.17, 15) is 17.7 Å². The summed E-state index contributed by atoms with van der Waals surface area (Å²) in [7, 11) is -2.46. The molecule has 0 aliphatic carbocycles. The van der Waals surface area contributed by atoms with E-state index in [1.54, 1.807) is 41.7 Å². The van der Waals surface area contributed by atoms with Gasteiger partial charge >= 0.3 is 12.1 Å². The number of alkyl halides is 3. The highest BCUT2D eigenvalue weighted by Gasteiger charge is 2.46. The minimum atomic E-state index is -5.08. The Morgan fingerprint density at radius 3 is 2.63 bits per heavy atom. The van der Waals surface area contributed by atoms with Crippen LogP contribution in [0, 0.1) is 17.1 Å². The number of carboxylic acid groups (broad SMARTS) is 1. The second-order valence-electron chi connectivity index (χ2n) is 9.32. The standard InChI is InChI=1S/C22H24FN9OS.C2HF3O2/c1-22(14-34(33)27-8-2-3-9-32(34)21(25)28-22)17-10-16(5-6-18(17)23)19-13-31(30-29-19)20-7-4-15(11-24)12-26-20;3-2(4,5)1(6)7/h4-7,10,12-13,27,33H,2-3,8-9,14H2,1H3,(H2,25,28);(H,6,7)/t22-;/m0./s1. The first-order valence-electron chi connectivity index (χ1n) is 12.1. The number of aliphatic imine (C=N–C) groups is 1. The summed E-state index contributed by atoms with van der Waals surface area (Å²) < 4.78 is 64.8. The van der Waals surface area contributed by atoms with E-state index in [0.29, 0.717) is 41.3 Å². The Morgan fingerprint density at radius 2 is 2.00 bits per heavy atom. The van der Waals surface area contributed by atoms with E-state index in [4.69, 9.17) is 20.9 Å². The Hall–Kier alpha value is -4.27. The number of nitrogens with one attached hydrogen (secondary N) is 1. The van der Waals surface area contributed by atoms with E-state index < -0.39 is 34.2 Å². The molecule has 0 spiro atoms. The Balaban J connectivity index is 0.000000493. The van der Waals surface area contributed by atoms with E-state index in [1.165, 1.54) is 16.9 Å². The molecule has 3 aromatic rings. The molecule has 4 heterocycles. The molecule has 0 amide bonds. The van der Waals surface area contributed by atoms with E-state index >= 15 is 4.39 Å². The number of hydrogen-bond donors (Lipinski definition) is 4. The summed E-state index contributed by atoms with van der Waals surface area (Å²) in [6, 6.07) is 10.0. The lowest BCUT2D eigenvalue weighted by molar-refractivity contribution is -0.192. The maximum absolute atomic E-state index is 15.1. The number of carboxylic acids is 1. The van der Waals surface area contributed by atoms with Crippen LogP contribution in [-0.2, 0) is 10.3 Å². The van der Waals surface area contributed by atoms with Crippen LogP contribution in [0.3, 0.4) is 0 Å². The summed E-state index contributed by atoms with van der Waals surface area (Å²) in [6.45, 7) is 3.06. The number of pyridine rings is 1. The Labute approximate surface area is 232 Å². The molecule has 1 saturated heterocycles. The van der Waals surface area contributed by atoms with Crippen molar-refractivity contribution in [3.8, 4) is 23.1 Å². The molecule has 2 aliphatic rings. The number of benzene rings is 1. The largest absolute Gasteiger partial charge is 0.490 e. The first kappa shape index (κ1) is 29.7. The van der Waals surface area contributed by atoms with E-state index in [-0.39, 0.29) is 11.7 Å². The Bertz CT molecular complexity index is 1510. The summed E-state index contributed by atoms with van der Waals surface area (Å²) in [6.07, 6.45) is -0.136. The number of carbonyl (C=O) groups is 1. The van der Waals surface area contributed by atoms with Crippen LogP contribution in [-0.4, -0.2) is 70.9 Å². The van der Waals surface area contributed by atoms with Crippen LogP contribution in [0.4, 0.5) is 17.6 Å². The molecule has 5 N–H and O–H groups in total. The number of nitrogens with zero attached hydrogens (tertiary/aromatic N) is 7. The number of aliphatic carboxylic acids is 1. The molecule has 0 bridgehead atoms. The molecule has 2 atom stereocenters. The molecule has 2 aromatic heterocycles. The number of halogens is 4. The maximum Gasteiger partial charge on any atom is 0.490 e. The highest BCUT2D eigenvalue weighted by Crippen LogP contribution is 2.53. The SMILES string of the molecule is C[C@@]1(c2cc(-c3cn(-c4ccc(C#N)cn4)nn3)ccc2F)CS2(O)NCCCCN2C(N)=N1.O=C(O)C(F)(F)F. The molecule has 0 saturated carbocycles. The molecular formula is C24H25F4N9O3S. The average Bonchev–Trinajstić information content (AvgIpc) is 3.31. The molecule has 2 aliphatic heterocycles. The van der Waals surface area contributed by atoms with E-state index in [2.05, 4.69) is 25.0 Å². The van der Waals surface area contributed by atoms with Gasteiger partial charge in [-0.05, 0) is 50.1 Å². The lowest BCUT2D eigenvalue weighted by atomic mass is 9.92. The van der Waals surface area contributed by atoms with Gasteiger partial charge < -0.3 is 15.4 Å². The first-order chi connectivity index (χ1) is 19.3. The third-order valence-electron chi connectivity index (χ3n) is 6.27. The summed E-state index contributed by atoms with van der Waals surface area (Å²) >= 11 is 0. The second-order valence-corrected chi connectivity index (χ2v) is 11.7. The van der Waals surface area contributed by atoms with Crippen molar-refractivity contribution in [2.45, 2.75) is 31.5 Å². The number of nitriles is 1. The first-order valence-corrected chi connectivity index (χ1v) is 13.8. The van der Waals surface area contributed by atoms with Crippen molar-refractivity contribution in [1.29, 1.82) is 5.26 Å². The second kappa shape index (κ2) is 11.3.